The van der Waals surface area contributed by atoms with Gasteiger partial charge in [0.15, 0.2) is 0 Å². The van der Waals surface area contributed by atoms with Crippen LogP contribution in [0.1, 0.15) is 19.8 Å². The first-order valence-corrected chi connectivity index (χ1v) is 8.21. The molecule has 0 radical (unpaired) electrons. The molecule has 3 aliphatic carbocycles. The first-order chi connectivity index (χ1) is 11.5. The Hall–Kier alpha value is -2.50. The van der Waals surface area contributed by atoms with Crippen molar-refractivity contribution in [2.45, 2.75) is 19.8 Å². The molecule has 0 N–H and O–H groups in total. The van der Waals surface area contributed by atoms with Crippen molar-refractivity contribution >= 4 is 23.7 Å². The molecule has 6 heteroatoms. The third kappa shape index (κ3) is 1.89. The predicted octanol–water partition coefficient (Wildman–Crippen LogP) is 2.93. The van der Waals surface area contributed by atoms with Crippen LogP contribution in [0, 0.1) is 39.2 Å². The fourth-order valence-corrected chi connectivity index (χ4v) is 4.92. The zero-order valence-corrected chi connectivity index (χ0v) is 13.3. The van der Waals surface area contributed by atoms with E-state index < -0.39 is 4.92 Å². The van der Waals surface area contributed by atoms with Gasteiger partial charge in [0, 0.05) is 18.1 Å². The van der Waals surface area contributed by atoms with Gasteiger partial charge >= 0.3 is 0 Å². The first kappa shape index (κ1) is 15.1. The van der Waals surface area contributed by atoms with Crippen LogP contribution in [0.3, 0.4) is 0 Å². The van der Waals surface area contributed by atoms with Crippen molar-refractivity contribution in [3.05, 3.63) is 46.5 Å². The SMILES string of the molecule is C[C@@H]1[C@@H](C(=O)N(C=O)c2cccc([N+](=O)[O-])c2)[C@@H]2C=C[C@H]1C21CC1. The summed E-state index contributed by atoms with van der Waals surface area (Å²) in [5.41, 5.74) is 0.358. The molecule has 124 valence electrons. The number of non-ortho nitro benzene ring substituents is 1. The maximum Gasteiger partial charge on any atom is 0.271 e. The number of hydrogen-bond acceptors (Lipinski definition) is 4. The molecular weight excluding hydrogens is 308 g/mol. The van der Waals surface area contributed by atoms with Gasteiger partial charge in [0.2, 0.25) is 12.3 Å². The van der Waals surface area contributed by atoms with Crippen LogP contribution in [0.4, 0.5) is 11.4 Å². The Morgan fingerprint density at radius 3 is 2.62 bits per heavy atom. The molecule has 0 saturated heterocycles. The Bertz CT molecular complexity index is 768. The Morgan fingerprint density at radius 1 is 1.33 bits per heavy atom. The van der Waals surface area contributed by atoms with Crippen LogP contribution >= 0.6 is 0 Å². The molecule has 2 saturated carbocycles. The second-order valence-corrected chi connectivity index (χ2v) is 7.15. The Morgan fingerprint density at radius 2 is 2.04 bits per heavy atom. The summed E-state index contributed by atoms with van der Waals surface area (Å²) < 4.78 is 0. The molecule has 0 aliphatic heterocycles. The van der Waals surface area contributed by atoms with Crippen LogP contribution < -0.4 is 4.90 Å². The van der Waals surface area contributed by atoms with E-state index >= 15 is 0 Å². The number of carbonyl (C=O) groups excluding carboxylic acids is 2. The number of imide groups is 1. The molecule has 2 fully saturated rings. The van der Waals surface area contributed by atoms with E-state index in [2.05, 4.69) is 19.1 Å². The van der Waals surface area contributed by atoms with E-state index in [1.54, 1.807) is 6.07 Å². The van der Waals surface area contributed by atoms with E-state index in [4.69, 9.17) is 0 Å². The maximum absolute atomic E-state index is 13.1. The summed E-state index contributed by atoms with van der Waals surface area (Å²) in [6.45, 7) is 2.08. The number of rotatable bonds is 4. The molecule has 1 aromatic rings. The number of hydrogen-bond donors (Lipinski definition) is 0. The summed E-state index contributed by atoms with van der Waals surface area (Å²) in [6, 6.07) is 5.66. The van der Waals surface area contributed by atoms with Gasteiger partial charge < -0.3 is 0 Å². The van der Waals surface area contributed by atoms with Gasteiger partial charge in [-0.3, -0.25) is 24.6 Å². The third-order valence-corrected chi connectivity index (χ3v) is 6.15. The average Bonchev–Trinajstić information content (AvgIpc) is 3.23. The molecule has 0 aromatic heterocycles. The lowest BCUT2D eigenvalue weighted by Gasteiger charge is -2.27. The molecule has 1 aromatic carbocycles. The molecule has 4 rings (SSSR count). The van der Waals surface area contributed by atoms with Gasteiger partial charge in [0.25, 0.3) is 5.69 Å². The summed E-state index contributed by atoms with van der Waals surface area (Å²) >= 11 is 0. The first-order valence-electron chi connectivity index (χ1n) is 8.21. The Kier molecular flexibility index (Phi) is 3.13. The second kappa shape index (κ2) is 5.00. The molecule has 2 amide bonds. The van der Waals surface area contributed by atoms with Gasteiger partial charge in [-0.2, -0.15) is 0 Å². The molecule has 2 bridgehead atoms. The van der Waals surface area contributed by atoms with Crippen molar-refractivity contribution in [3.8, 4) is 0 Å². The van der Waals surface area contributed by atoms with Crippen molar-refractivity contribution in [1.82, 2.24) is 0 Å². The number of benzene rings is 1. The van der Waals surface area contributed by atoms with E-state index in [1.165, 1.54) is 18.2 Å². The fraction of sp³-hybridized carbons (Fsp3) is 0.444. The number of allylic oxidation sites excluding steroid dienone is 2. The van der Waals surface area contributed by atoms with Crippen LogP contribution in [0.5, 0.6) is 0 Å². The summed E-state index contributed by atoms with van der Waals surface area (Å²) in [4.78, 5) is 36.1. The number of carbonyl (C=O) groups is 2. The highest BCUT2D eigenvalue weighted by Gasteiger charge is 2.67. The normalized spacial score (nSPS) is 31.2. The van der Waals surface area contributed by atoms with Crippen LogP contribution in [0.25, 0.3) is 0 Å². The summed E-state index contributed by atoms with van der Waals surface area (Å²) in [6.07, 6.45) is 7.12. The largest absolute Gasteiger partial charge is 0.278 e. The number of nitrogens with zero attached hydrogens (tertiary/aromatic N) is 2. The minimum Gasteiger partial charge on any atom is -0.278 e. The Balaban J connectivity index is 1.66. The van der Waals surface area contributed by atoms with Crippen LogP contribution in [-0.2, 0) is 9.59 Å². The van der Waals surface area contributed by atoms with E-state index in [0.717, 1.165) is 17.7 Å². The third-order valence-electron chi connectivity index (χ3n) is 6.15. The van der Waals surface area contributed by atoms with Crippen molar-refractivity contribution in [1.29, 1.82) is 0 Å². The lowest BCUT2D eigenvalue weighted by atomic mass is 9.83. The highest BCUT2D eigenvalue weighted by molar-refractivity contribution is 6.08. The topological polar surface area (TPSA) is 80.5 Å². The highest BCUT2D eigenvalue weighted by atomic mass is 16.6. The minimum atomic E-state index is -0.529. The molecule has 6 nitrogen and oxygen atoms in total. The van der Waals surface area contributed by atoms with E-state index in [0.29, 0.717) is 12.3 Å². The van der Waals surface area contributed by atoms with Gasteiger partial charge in [-0.05, 0) is 42.1 Å². The van der Waals surface area contributed by atoms with Crippen LogP contribution in [0.2, 0.25) is 0 Å². The van der Waals surface area contributed by atoms with Crippen molar-refractivity contribution in [2.75, 3.05) is 4.90 Å². The predicted molar refractivity (Wildman–Crippen MR) is 87.1 cm³/mol. The van der Waals surface area contributed by atoms with Crippen LogP contribution in [-0.4, -0.2) is 17.2 Å². The van der Waals surface area contributed by atoms with Crippen LogP contribution in [0.15, 0.2) is 36.4 Å². The van der Waals surface area contributed by atoms with Gasteiger partial charge in [0.05, 0.1) is 10.6 Å². The number of nitro benzene ring substituents is 1. The quantitative estimate of drug-likeness (QED) is 0.369. The minimum absolute atomic E-state index is 0.133. The fourth-order valence-electron chi connectivity index (χ4n) is 4.92. The van der Waals surface area contributed by atoms with Crippen molar-refractivity contribution in [3.63, 3.8) is 0 Å². The standard InChI is InChI=1S/C18H18N2O4/c1-11-14-5-6-15(18(14)7-8-18)16(11)17(22)19(10-21)12-3-2-4-13(9-12)20(23)24/h2-6,9-11,14-16H,7-8H2,1H3/t11-,14+,15-,16+/m0/s1. The average molecular weight is 326 g/mol. The van der Waals surface area contributed by atoms with Gasteiger partial charge in [-0.25, -0.2) is 0 Å². The van der Waals surface area contributed by atoms with Gasteiger partial charge in [0.1, 0.15) is 0 Å². The monoisotopic (exact) mass is 326 g/mol. The lowest BCUT2D eigenvalue weighted by Crippen LogP contribution is -2.39. The zero-order chi connectivity index (χ0) is 17.1. The number of nitro groups is 1. The van der Waals surface area contributed by atoms with Crippen molar-refractivity contribution < 1.29 is 14.5 Å². The van der Waals surface area contributed by atoms with Crippen molar-refractivity contribution in [2.24, 2.45) is 29.1 Å². The summed E-state index contributed by atoms with van der Waals surface area (Å²) in [5.74, 6) is 0.311. The lowest BCUT2D eigenvalue weighted by molar-refractivity contribution is -0.384. The summed E-state index contributed by atoms with van der Waals surface area (Å²) in [7, 11) is 0. The molecule has 4 atom stereocenters. The van der Waals surface area contributed by atoms with Gasteiger partial charge in [-0.15, -0.1) is 0 Å². The van der Waals surface area contributed by atoms with E-state index in [1.807, 2.05) is 0 Å². The molecule has 24 heavy (non-hydrogen) atoms. The molecule has 3 aliphatic rings. The second-order valence-electron chi connectivity index (χ2n) is 7.15. The Labute approximate surface area is 139 Å². The molecule has 1 spiro atoms. The summed E-state index contributed by atoms with van der Waals surface area (Å²) in [5, 5.41) is 10.9. The van der Waals surface area contributed by atoms with E-state index in [-0.39, 0.29) is 40.5 Å². The van der Waals surface area contributed by atoms with E-state index in [9.17, 15) is 19.7 Å². The smallest absolute Gasteiger partial charge is 0.271 e. The number of anilines is 1. The molecule has 0 heterocycles. The molecular formula is C18H18N2O4. The number of amides is 2. The molecule has 0 unspecified atom stereocenters. The highest BCUT2D eigenvalue weighted by Crippen LogP contribution is 2.72. The maximum atomic E-state index is 13.1. The van der Waals surface area contributed by atoms with Gasteiger partial charge in [-0.1, -0.05) is 25.1 Å². The zero-order valence-electron chi connectivity index (χ0n) is 13.3.